The molecule has 1 atom stereocenters. The number of benzene rings is 1. The summed E-state index contributed by atoms with van der Waals surface area (Å²) in [6.45, 7) is 2.24. The normalized spacial score (nSPS) is 19.0. The van der Waals surface area contributed by atoms with E-state index in [0.717, 1.165) is 6.42 Å². The van der Waals surface area contributed by atoms with E-state index < -0.39 is 9.84 Å². The van der Waals surface area contributed by atoms with Crippen molar-refractivity contribution in [1.82, 2.24) is 4.90 Å². The lowest BCUT2D eigenvalue weighted by Gasteiger charge is -2.27. The number of amides is 1. The number of hydrogen-bond donors (Lipinski definition) is 0. The van der Waals surface area contributed by atoms with E-state index in [1.165, 1.54) is 0 Å². The molecule has 0 saturated carbocycles. The molecule has 1 saturated heterocycles. The Morgan fingerprint density at radius 1 is 1.43 bits per heavy atom. The van der Waals surface area contributed by atoms with Gasteiger partial charge in [0, 0.05) is 12.6 Å². The molecule has 0 radical (unpaired) electrons. The first-order valence-electron chi connectivity index (χ1n) is 7.58. The molecule has 1 unspecified atom stereocenters. The van der Waals surface area contributed by atoms with Crippen LogP contribution >= 0.6 is 0 Å². The van der Waals surface area contributed by atoms with Crippen LogP contribution in [0.1, 0.15) is 25.3 Å². The van der Waals surface area contributed by atoms with Crippen molar-refractivity contribution in [2.45, 2.75) is 25.8 Å². The maximum Gasteiger partial charge on any atom is 0.260 e. The number of nitrogens with zero attached hydrogens (tertiary/aromatic N) is 2. The van der Waals surface area contributed by atoms with Gasteiger partial charge < -0.3 is 9.64 Å². The highest BCUT2D eigenvalue weighted by Gasteiger charge is 2.34. The number of sulfone groups is 1. The average Bonchev–Trinajstić information content (AvgIpc) is 2.90. The van der Waals surface area contributed by atoms with Crippen LogP contribution in [0.5, 0.6) is 5.75 Å². The van der Waals surface area contributed by atoms with Crippen LogP contribution in [0.3, 0.4) is 0 Å². The Labute approximate surface area is 136 Å². The molecule has 1 aromatic carbocycles. The quantitative estimate of drug-likeness (QED) is 0.783. The lowest BCUT2D eigenvalue weighted by atomic mass is 10.2. The Kier molecular flexibility index (Phi) is 5.61. The zero-order chi connectivity index (χ0) is 16.9. The maximum absolute atomic E-state index is 12.4. The minimum absolute atomic E-state index is 0.0214. The Morgan fingerprint density at radius 3 is 2.78 bits per heavy atom. The Balaban J connectivity index is 2.03. The zero-order valence-electron chi connectivity index (χ0n) is 13.1. The first-order chi connectivity index (χ1) is 11.0. The second-order valence-electron chi connectivity index (χ2n) is 5.54. The van der Waals surface area contributed by atoms with E-state index >= 15 is 0 Å². The van der Waals surface area contributed by atoms with Crippen LogP contribution in [-0.4, -0.2) is 49.9 Å². The molecule has 7 heteroatoms. The maximum atomic E-state index is 12.4. The monoisotopic (exact) mass is 336 g/mol. The van der Waals surface area contributed by atoms with E-state index in [2.05, 4.69) is 0 Å². The molecular weight excluding hydrogens is 316 g/mol. The number of carbonyl (C=O) groups excluding carboxylic acids is 1. The summed E-state index contributed by atoms with van der Waals surface area (Å²) in [5.74, 6) is 0.261. The third-order valence-corrected chi connectivity index (χ3v) is 5.54. The van der Waals surface area contributed by atoms with Gasteiger partial charge in [-0.3, -0.25) is 4.79 Å². The van der Waals surface area contributed by atoms with Gasteiger partial charge in [-0.1, -0.05) is 19.1 Å². The molecule has 1 fully saturated rings. The van der Waals surface area contributed by atoms with E-state index in [-0.39, 0.29) is 30.1 Å². The zero-order valence-corrected chi connectivity index (χ0v) is 13.9. The van der Waals surface area contributed by atoms with E-state index in [1.54, 1.807) is 29.2 Å². The summed E-state index contributed by atoms with van der Waals surface area (Å²) in [6.07, 6.45) is 1.22. The molecule has 1 heterocycles. The van der Waals surface area contributed by atoms with Crippen LogP contribution in [0.2, 0.25) is 0 Å². The van der Waals surface area contributed by atoms with Gasteiger partial charge in [-0.05, 0) is 25.0 Å². The average molecular weight is 336 g/mol. The molecule has 6 nitrogen and oxygen atoms in total. The fourth-order valence-electron chi connectivity index (χ4n) is 2.68. The fraction of sp³-hybridized carbons (Fsp3) is 0.500. The Morgan fingerprint density at radius 2 is 2.17 bits per heavy atom. The van der Waals surface area contributed by atoms with Gasteiger partial charge in [-0.15, -0.1) is 0 Å². The van der Waals surface area contributed by atoms with Crippen molar-refractivity contribution in [1.29, 1.82) is 5.26 Å². The third-order valence-electron chi connectivity index (χ3n) is 3.79. The summed E-state index contributed by atoms with van der Waals surface area (Å²) in [4.78, 5) is 14.0. The van der Waals surface area contributed by atoms with E-state index in [0.29, 0.717) is 24.3 Å². The van der Waals surface area contributed by atoms with Gasteiger partial charge in [0.15, 0.2) is 16.4 Å². The van der Waals surface area contributed by atoms with Crippen LogP contribution < -0.4 is 4.74 Å². The molecule has 0 spiro atoms. The standard InChI is InChI=1S/C16H20N2O4S/c1-2-8-18(14-7-9-23(20,21)12-14)16(19)11-22-15-6-4-3-5-13(15)10-17/h3-6,14H,2,7-9,11-12H2,1H3. The molecule has 1 aliphatic rings. The molecule has 0 N–H and O–H groups in total. The molecular formula is C16H20N2O4S. The topological polar surface area (TPSA) is 87.5 Å². The highest BCUT2D eigenvalue weighted by molar-refractivity contribution is 7.91. The molecule has 1 aromatic rings. The molecule has 1 aliphatic heterocycles. The van der Waals surface area contributed by atoms with Gasteiger partial charge in [-0.2, -0.15) is 5.26 Å². The predicted octanol–water partition coefficient (Wildman–Crippen LogP) is 1.36. The summed E-state index contributed by atoms with van der Waals surface area (Å²) in [5.41, 5.74) is 0.366. The third kappa shape index (κ3) is 4.45. The minimum atomic E-state index is -3.05. The second-order valence-corrected chi connectivity index (χ2v) is 7.77. The van der Waals surface area contributed by atoms with Crippen LogP contribution in [0.25, 0.3) is 0 Å². The van der Waals surface area contributed by atoms with Gasteiger partial charge in [-0.25, -0.2) is 8.42 Å². The van der Waals surface area contributed by atoms with Crippen molar-refractivity contribution in [2.24, 2.45) is 0 Å². The minimum Gasteiger partial charge on any atom is -0.482 e. The number of nitriles is 1. The predicted molar refractivity (Wildman–Crippen MR) is 85.7 cm³/mol. The van der Waals surface area contributed by atoms with Gasteiger partial charge >= 0.3 is 0 Å². The molecule has 0 aliphatic carbocycles. The lowest BCUT2D eigenvalue weighted by molar-refractivity contribution is -0.135. The van der Waals surface area contributed by atoms with E-state index in [1.807, 2.05) is 13.0 Å². The van der Waals surface area contributed by atoms with E-state index in [4.69, 9.17) is 10.00 Å². The van der Waals surface area contributed by atoms with Crippen LogP contribution in [-0.2, 0) is 14.6 Å². The van der Waals surface area contributed by atoms with Gasteiger partial charge in [0.05, 0.1) is 17.1 Å². The smallest absolute Gasteiger partial charge is 0.260 e. The molecule has 23 heavy (non-hydrogen) atoms. The SMILES string of the molecule is CCCN(C(=O)COc1ccccc1C#N)C1CCS(=O)(=O)C1. The molecule has 124 valence electrons. The van der Waals surface area contributed by atoms with Crippen molar-refractivity contribution in [3.8, 4) is 11.8 Å². The van der Waals surface area contributed by atoms with Crippen LogP contribution in [0.4, 0.5) is 0 Å². The van der Waals surface area contributed by atoms with Gasteiger partial charge in [0.25, 0.3) is 5.91 Å². The van der Waals surface area contributed by atoms with Crippen LogP contribution in [0, 0.1) is 11.3 Å². The number of ether oxygens (including phenoxy) is 1. The highest BCUT2D eigenvalue weighted by atomic mass is 32.2. The largest absolute Gasteiger partial charge is 0.482 e. The van der Waals surface area contributed by atoms with Crippen LogP contribution in [0.15, 0.2) is 24.3 Å². The van der Waals surface area contributed by atoms with Crippen molar-refractivity contribution in [3.05, 3.63) is 29.8 Å². The molecule has 1 amide bonds. The molecule has 0 aromatic heterocycles. The first kappa shape index (κ1) is 17.3. The number of carbonyl (C=O) groups is 1. The van der Waals surface area contributed by atoms with Crippen molar-refractivity contribution in [3.63, 3.8) is 0 Å². The van der Waals surface area contributed by atoms with E-state index in [9.17, 15) is 13.2 Å². The molecule has 2 rings (SSSR count). The summed E-state index contributed by atoms with van der Waals surface area (Å²) in [5, 5.41) is 9.02. The van der Waals surface area contributed by atoms with Crippen molar-refractivity contribution >= 4 is 15.7 Å². The lowest BCUT2D eigenvalue weighted by Crippen LogP contribution is -2.44. The summed E-state index contributed by atoms with van der Waals surface area (Å²) < 4.78 is 28.7. The highest BCUT2D eigenvalue weighted by Crippen LogP contribution is 2.20. The Bertz CT molecular complexity index is 709. The first-order valence-corrected chi connectivity index (χ1v) is 9.41. The molecule has 0 bridgehead atoms. The Hall–Kier alpha value is -2.07. The number of hydrogen-bond acceptors (Lipinski definition) is 5. The van der Waals surface area contributed by atoms with Gasteiger partial charge in [0.1, 0.15) is 11.8 Å². The fourth-order valence-corrected chi connectivity index (χ4v) is 4.41. The number of para-hydroxylation sites is 1. The van der Waals surface area contributed by atoms with Crippen molar-refractivity contribution in [2.75, 3.05) is 24.7 Å². The summed E-state index contributed by atoms with van der Waals surface area (Å²) in [6, 6.07) is 8.44. The summed E-state index contributed by atoms with van der Waals surface area (Å²) >= 11 is 0. The number of rotatable bonds is 6. The van der Waals surface area contributed by atoms with Gasteiger partial charge in [0.2, 0.25) is 0 Å². The second kappa shape index (κ2) is 7.47. The van der Waals surface area contributed by atoms with Crippen molar-refractivity contribution < 1.29 is 17.9 Å². The summed E-state index contributed by atoms with van der Waals surface area (Å²) in [7, 11) is -3.05.